The molecule has 0 unspecified atom stereocenters. The Morgan fingerprint density at radius 2 is 0.965 bits per heavy atom. The van der Waals surface area contributed by atoms with Crippen molar-refractivity contribution in [1.82, 2.24) is 15.0 Å². The maximum absolute atomic E-state index is 6.79. The Morgan fingerprint density at radius 3 is 1.72 bits per heavy atom. The van der Waals surface area contributed by atoms with E-state index in [-0.39, 0.29) is 0 Å². The summed E-state index contributed by atoms with van der Waals surface area (Å²) in [5, 5.41) is 2.64. The lowest BCUT2D eigenvalue weighted by atomic mass is 9.66. The third-order valence-electron chi connectivity index (χ3n) is 12.3. The molecule has 1 aliphatic heterocycles. The zero-order valence-corrected chi connectivity index (χ0v) is 31.1. The molecule has 0 saturated heterocycles. The van der Waals surface area contributed by atoms with Crippen LogP contribution in [-0.2, 0) is 18.3 Å². The van der Waals surface area contributed by atoms with Crippen molar-refractivity contribution in [3.63, 3.8) is 0 Å². The van der Waals surface area contributed by atoms with Crippen molar-refractivity contribution in [2.45, 2.75) is 24.7 Å². The highest BCUT2D eigenvalue weighted by atomic mass is 16.5. The quantitative estimate of drug-likeness (QED) is 0.181. The number of ether oxygens (including phenoxy) is 1. The molecule has 3 aliphatic rings. The lowest BCUT2D eigenvalue weighted by Crippen LogP contribution is -2.32. The molecule has 0 fully saturated rings. The van der Waals surface area contributed by atoms with E-state index < -0.39 is 5.41 Å². The SMILES string of the molecule is c1ccc(-c2nc(-c3ccc(-c4ccc5c(c4)Oc4ccccc4C54c5ccccc5-c5ccccc54)cc3)nc(-c3cc4c5c(cccc5c3)CCC4)n2)cc1. The summed E-state index contributed by atoms with van der Waals surface area (Å²) in [5.41, 5.74) is 14.9. The Labute approximate surface area is 331 Å². The van der Waals surface area contributed by atoms with Crippen LogP contribution in [0.25, 0.3) is 67.2 Å². The second kappa shape index (κ2) is 12.4. The van der Waals surface area contributed by atoms with Crippen molar-refractivity contribution in [2.24, 2.45) is 0 Å². The number of benzene rings is 8. The van der Waals surface area contributed by atoms with Gasteiger partial charge in [0.15, 0.2) is 17.5 Å². The van der Waals surface area contributed by atoms with E-state index in [4.69, 9.17) is 19.7 Å². The van der Waals surface area contributed by atoms with Crippen LogP contribution in [-0.4, -0.2) is 15.0 Å². The molecule has 2 aliphatic carbocycles. The molecule has 0 amide bonds. The van der Waals surface area contributed by atoms with Gasteiger partial charge in [0.1, 0.15) is 11.5 Å². The summed E-state index contributed by atoms with van der Waals surface area (Å²) in [6, 6.07) is 62.9. The second-order valence-corrected chi connectivity index (χ2v) is 15.4. The number of hydrogen-bond acceptors (Lipinski definition) is 4. The van der Waals surface area contributed by atoms with Crippen LogP contribution in [0.2, 0.25) is 0 Å². The third-order valence-corrected chi connectivity index (χ3v) is 12.3. The highest BCUT2D eigenvalue weighted by Crippen LogP contribution is 2.62. The molecule has 1 aromatic heterocycles. The van der Waals surface area contributed by atoms with Crippen molar-refractivity contribution in [3.8, 4) is 67.9 Å². The summed E-state index contributed by atoms with van der Waals surface area (Å²) in [6.07, 6.45) is 3.35. The highest BCUT2D eigenvalue weighted by Gasteiger charge is 2.50. The fourth-order valence-electron chi connectivity index (χ4n) is 9.81. The number of hydrogen-bond donors (Lipinski definition) is 0. The van der Waals surface area contributed by atoms with Crippen LogP contribution in [0, 0.1) is 0 Å². The maximum atomic E-state index is 6.79. The van der Waals surface area contributed by atoms with Crippen LogP contribution in [0.15, 0.2) is 176 Å². The van der Waals surface area contributed by atoms with E-state index in [1.165, 1.54) is 49.7 Å². The number of fused-ring (bicyclic) bond motifs is 9. The molecule has 9 aromatic rings. The molecule has 268 valence electrons. The fraction of sp³-hybridized carbons (Fsp3) is 0.0755. The summed E-state index contributed by atoms with van der Waals surface area (Å²) in [7, 11) is 0. The summed E-state index contributed by atoms with van der Waals surface area (Å²) in [6.45, 7) is 0. The zero-order chi connectivity index (χ0) is 37.5. The van der Waals surface area contributed by atoms with E-state index in [0.717, 1.165) is 64.1 Å². The van der Waals surface area contributed by atoms with Crippen LogP contribution in [0.1, 0.15) is 39.8 Å². The molecule has 1 spiro atoms. The lowest BCUT2D eigenvalue weighted by Gasteiger charge is -2.39. The Kier molecular flexibility index (Phi) is 7.00. The average molecular weight is 730 g/mol. The first-order valence-electron chi connectivity index (χ1n) is 19.8. The first-order chi connectivity index (χ1) is 28.2. The second-order valence-electron chi connectivity index (χ2n) is 15.4. The van der Waals surface area contributed by atoms with E-state index >= 15 is 0 Å². The molecule has 0 saturated carbocycles. The van der Waals surface area contributed by atoms with Crippen molar-refractivity contribution < 1.29 is 4.74 Å². The Bertz CT molecular complexity index is 3030. The smallest absolute Gasteiger partial charge is 0.164 e. The molecular formula is C53H35N3O. The predicted octanol–water partition coefficient (Wildman–Crippen LogP) is 12.7. The van der Waals surface area contributed by atoms with Crippen molar-refractivity contribution in [3.05, 3.63) is 209 Å². The van der Waals surface area contributed by atoms with Gasteiger partial charge in [-0.2, -0.15) is 0 Å². The number of aryl methyl sites for hydroxylation is 2. The minimum Gasteiger partial charge on any atom is -0.457 e. The average Bonchev–Trinajstić information content (AvgIpc) is 3.57. The van der Waals surface area contributed by atoms with Gasteiger partial charge < -0.3 is 4.74 Å². The third kappa shape index (κ3) is 4.83. The topological polar surface area (TPSA) is 47.9 Å². The van der Waals surface area contributed by atoms with Crippen LogP contribution in [0.3, 0.4) is 0 Å². The van der Waals surface area contributed by atoms with Crippen LogP contribution < -0.4 is 4.74 Å². The maximum Gasteiger partial charge on any atom is 0.164 e. The van der Waals surface area contributed by atoms with Crippen LogP contribution >= 0.6 is 0 Å². The molecule has 4 heteroatoms. The lowest BCUT2D eigenvalue weighted by molar-refractivity contribution is 0.436. The van der Waals surface area contributed by atoms with Crippen molar-refractivity contribution in [1.29, 1.82) is 0 Å². The molecule has 0 atom stereocenters. The van der Waals surface area contributed by atoms with Gasteiger partial charge in [0.25, 0.3) is 0 Å². The Balaban J connectivity index is 0.960. The van der Waals surface area contributed by atoms with Gasteiger partial charge in [-0.05, 0) is 98.8 Å². The molecule has 57 heavy (non-hydrogen) atoms. The minimum atomic E-state index is -0.475. The molecule has 8 aromatic carbocycles. The van der Waals surface area contributed by atoms with E-state index in [2.05, 4.69) is 158 Å². The van der Waals surface area contributed by atoms with E-state index in [0.29, 0.717) is 17.5 Å². The van der Waals surface area contributed by atoms with E-state index in [1.54, 1.807) is 0 Å². The van der Waals surface area contributed by atoms with Crippen molar-refractivity contribution >= 4 is 10.8 Å². The van der Waals surface area contributed by atoms with E-state index in [1.807, 2.05) is 18.2 Å². The fourth-order valence-corrected chi connectivity index (χ4v) is 9.81. The predicted molar refractivity (Wildman–Crippen MR) is 228 cm³/mol. The monoisotopic (exact) mass is 729 g/mol. The normalized spacial score (nSPS) is 14.0. The van der Waals surface area contributed by atoms with Crippen molar-refractivity contribution in [2.75, 3.05) is 0 Å². The van der Waals surface area contributed by atoms with Gasteiger partial charge >= 0.3 is 0 Å². The summed E-state index contributed by atoms with van der Waals surface area (Å²) in [5.74, 6) is 3.77. The Hall–Kier alpha value is -7.17. The van der Waals surface area contributed by atoms with Gasteiger partial charge in [-0.15, -0.1) is 0 Å². The summed E-state index contributed by atoms with van der Waals surface area (Å²) < 4.78 is 6.79. The first kappa shape index (κ1) is 32.1. The molecule has 12 rings (SSSR count). The van der Waals surface area contributed by atoms with Gasteiger partial charge in [0.2, 0.25) is 0 Å². The standard InChI is InChI=1S/C53H35N3O/c1-2-12-35(13-3-1)50-54-51(56-52(55-50)40-30-38-16-10-14-34-15-11-17-39(31-40)49(34)38)36-26-24-33(25-27-36)37-28-29-46-48(32-37)57-47-23-9-8-22-45(47)53(46)43-20-6-4-18-41(43)42-19-5-7-21-44(42)53/h1-10,12-14,16,18-32H,11,15,17H2. The first-order valence-corrected chi connectivity index (χ1v) is 19.8. The van der Waals surface area contributed by atoms with E-state index in [9.17, 15) is 0 Å². The number of nitrogens with zero attached hydrogens (tertiary/aromatic N) is 3. The van der Waals surface area contributed by atoms with Gasteiger partial charge in [0.05, 0.1) is 5.41 Å². The molecular weight excluding hydrogens is 695 g/mol. The molecule has 0 N–H and O–H groups in total. The van der Waals surface area contributed by atoms with Gasteiger partial charge in [-0.1, -0.05) is 152 Å². The van der Waals surface area contributed by atoms with Gasteiger partial charge in [-0.3, -0.25) is 0 Å². The highest BCUT2D eigenvalue weighted by molar-refractivity contribution is 5.93. The summed E-state index contributed by atoms with van der Waals surface area (Å²) in [4.78, 5) is 15.3. The Morgan fingerprint density at radius 1 is 0.386 bits per heavy atom. The number of para-hydroxylation sites is 1. The molecule has 4 nitrogen and oxygen atoms in total. The minimum absolute atomic E-state index is 0.475. The zero-order valence-electron chi connectivity index (χ0n) is 31.1. The molecule has 2 heterocycles. The largest absolute Gasteiger partial charge is 0.457 e. The van der Waals surface area contributed by atoms with Gasteiger partial charge in [-0.25, -0.2) is 15.0 Å². The van der Waals surface area contributed by atoms with Crippen LogP contribution in [0.4, 0.5) is 0 Å². The number of aromatic nitrogens is 3. The molecule has 0 radical (unpaired) electrons. The van der Waals surface area contributed by atoms with Crippen LogP contribution in [0.5, 0.6) is 11.5 Å². The van der Waals surface area contributed by atoms with Gasteiger partial charge in [0, 0.05) is 27.8 Å². The molecule has 0 bridgehead atoms. The summed E-state index contributed by atoms with van der Waals surface area (Å²) >= 11 is 0. The number of rotatable bonds is 4.